The zero-order valence-electron chi connectivity index (χ0n) is 23.9. The van der Waals surface area contributed by atoms with Gasteiger partial charge in [-0.2, -0.15) is 5.10 Å². The Morgan fingerprint density at radius 3 is 2.41 bits per heavy atom. The van der Waals surface area contributed by atoms with E-state index in [1.807, 2.05) is 47.2 Å². The second kappa shape index (κ2) is 13.4. The summed E-state index contributed by atoms with van der Waals surface area (Å²) in [7, 11) is 0. The molecule has 0 aliphatic carbocycles. The van der Waals surface area contributed by atoms with Crippen LogP contribution in [0.5, 0.6) is 5.75 Å². The highest BCUT2D eigenvalue weighted by Crippen LogP contribution is 2.19. The smallest absolute Gasteiger partial charge is 0.345 e. The van der Waals surface area contributed by atoms with Gasteiger partial charge in [0.25, 0.3) is 0 Å². The van der Waals surface area contributed by atoms with Gasteiger partial charge in [0.15, 0.2) is 0 Å². The first kappa shape index (κ1) is 27.6. The van der Waals surface area contributed by atoms with E-state index in [1.54, 1.807) is 11.0 Å². The number of aromatic nitrogens is 4. The SMILES string of the molecule is O=c1n(CC2CCN(CCOc3ccccc3)CC2)cnn1CCN1CCN(Cc2ccc3ncccc3c2)CC1. The van der Waals surface area contributed by atoms with Gasteiger partial charge < -0.3 is 4.74 Å². The van der Waals surface area contributed by atoms with E-state index in [2.05, 4.69) is 49.0 Å². The van der Waals surface area contributed by atoms with Crippen LogP contribution in [0.25, 0.3) is 10.9 Å². The molecule has 4 aromatic rings. The largest absolute Gasteiger partial charge is 0.492 e. The van der Waals surface area contributed by atoms with Crippen molar-refractivity contribution in [2.24, 2.45) is 5.92 Å². The van der Waals surface area contributed by atoms with Crippen LogP contribution in [0.15, 0.2) is 78.0 Å². The van der Waals surface area contributed by atoms with Gasteiger partial charge in [0.2, 0.25) is 0 Å². The second-order valence-electron chi connectivity index (χ2n) is 11.4. The van der Waals surface area contributed by atoms with E-state index < -0.39 is 0 Å². The summed E-state index contributed by atoms with van der Waals surface area (Å²) in [6.07, 6.45) is 5.78. The molecule has 0 saturated carbocycles. The summed E-state index contributed by atoms with van der Waals surface area (Å²) in [6, 6.07) is 20.7. The van der Waals surface area contributed by atoms with Gasteiger partial charge in [-0.1, -0.05) is 30.3 Å². The lowest BCUT2D eigenvalue weighted by molar-refractivity contribution is 0.122. The third kappa shape index (κ3) is 7.41. The average molecular weight is 556 g/mol. The van der Waals surface area contributed by atoms with Crippen LogP contribution in [-0.2, 0) is 19.6 Å². The summed E-state index contributed by atoms with van der Waals surface area (Å²) in [4.78, 5) is 24.9. The van der Waals surface area contributed by atoms with Crippen molar-refractivity contribution in [2.75, 3.05) is 59.0 Å². The Labute approximate surface area is 242 Å². The maximum atomic E-state index is 13.0. The Morgan fingerprint density at radius 2 is 1.59 bits per heavy atom. The third-order valence-electron chi connectivity index (χ3n) is 8.54. The van der Waals surface area contributed by atoms with Crippen molar-refractivity contribution in [3.63, 3.8) is 0 Å². The summed E-state index contributed by atoms with van der Waals surface area (Å²) < 4.78 is 9.31. The van der Waals surface area contributed by atoms with Gasteiger partial charge in [0.1, 0.15) is 18.7 Å². The molecule has 41 heavy (non-hydrogen) atoms. The minimum atomic E-state index is 0.0214. The molecular formula is C32H41N7O2. The number of nitrogens with zero attached hydrogens (tertiary/aromatic N) is 7. The topological polar surface area (TPSA) is 71.7 Å². The molecule has 9 nitrogen and oxygen atoms in total. The van der Waals surface area contributed by atoms with Crippen LogP contribution in [-0.4, -0.2) is 93.0 Å². The van der Waals surface area contributed by atoms with Crippen molar-refractivity contribution in [2.45, 2.75) is 32.5 Å². The lowest BCUT2D eigenvalue weighted by Crippen LogP contribution is -2.47. The van der Waals surface area contributed by atoms with Crippen LogP contribution in [0.2, 0.25) is 0 Å². The van der Waals surface area contributed by atoms with Crippen LogP contribution >= 0.6 is 0 Å². The molecule has 0 unspecified atom stereocenters. The Hall–Kier alpha value is -3.53. The molecule has 0 amide bonds. The van der Waals surface area contributed by atoms with Crippen LogP contribution in [0.1, 0.15) is 18.4 Å². The van der Waals surface area contributed by atoms with E-state index in [9.17, 15) is 4.79 Å². The summed E-state index contributed by atoms with van der Waals surface area (Å²) >= 11 is 0. The maximum Gasteiger partial charge on any atom is 0.345 e. The number of benzene rings is 2. The second-order valence-corrected chi connectivity index (χ2v) is 11.4. The van der Waals surface area contributed by atoms with Gasteiger partial charge in [-0.05, 0) is 67.7 Å². The van der Waals surface area contributed by atoms with Gasteiger partial charge in [-0.3, -0.25) is 24.3 Å². The van der Waals surface area contributed by atoms with Crippen LogP contribution in [0, 0.1) is 5.92 Å². The molecule has 2 aliphatic rings. The number of ether oxygens (including phenoxy) is 1. The van der Waals surface area contributed by atoms with Crippen molar-refractivity contribution < 1.29 is 4.74 Å². The van der Waals surface area contributed by atoms with E-state index in [0.717, 1.165) is 89.6 Å². The number of para-hydroxylation sites is 1. The van der Waals surface area contributed by atoms with E-state index in [-0.39, 0.29) is 5.69 Å². The fourth-order valence-corrected chi connectivity index (χ4v) is 6.02. The first-order valence-corrected chi connectivity index (χ1v) is 15.0. The molecule has 2 saturated heterocycles. The van der Waals surface area contributed by atoms with Crippen LogP contribution in [0.4, 0.5) is 0 Å². The maximum absolute atomic E-state index is 13.0. The van der Waals surface area contributed by atoms with Gasteiger partial charge in [0.05, 0.1) is 12.1 Å². The molecule has 0 atom stereocenters. The number of hydrogen-bond donors (Lipinski definition) is 0. The van der Waals surface area contributed by atoms with Gasteiger partial charge in [0, 0.05) is 63.9 Å². The van der Waals surface area contributed by atoms with E-state index in [1.165, 1.54) is 10.9 Å². The number of piperidine rings is 1. The number of hydrogen-bond acceptors (Lipinski definition) is 7. The molecule has 0 bridgehead atoms. The molecule has 216 valence electrons. The van der Waals surface area contributed by atoms with Crippen molar-refractivity contribution >= 4 is 10.9 Å². The Bertz CT molecular complexity index is 1440. The molecule has 2 aliphatic heterocycles. The van der Waals surface area contributed by atoms with E-state index in [0.29, 0.717) is 19.1 Å². The highest BCUT2D eigenvalue weighted by atomic mass is 16.5. The highest BCUT2D eigenvalue weighted by Gasteiger charge is 2.21. The summed E-state index contributed by atoms with van der Waals surface area (Å²) in [5.74, 6) is 1.44. The number of pyridine rings is 1. The lowest BCUT2D eigenvalue weighted by Gasteiger charge is -2.34. The summed E-state index contributed by atoms with van der Waals surface area (Å²) in [5, 5.41) is 5.64. The Kier molecular flexibility index (Phi) is 9.04. The van der Waals surface area contributed by atoms with Gasteiger partial charge in [-0.25, -0.2) is 9.48 Å². The molecule has 9 heteroatoms. The molecular weight excluding hydrogens is 514 g/mol. The molecule has 0 spiro atoms. The quantitative estimate of drug-likeness (QED) is 0.282. The molecule has 4 heterocycles. The van der Waals surface area contributed by atoms with Gasteiger partial charge in [-0.15, -0.1) is 0 Å². The number of rotatable bonds is 11. The first-order chi connectivity index (χ1) is 20.2. The Morgan fingerprint density at radius 1 is 0.805 bits per heavy atom. The predicted octanol–water partition coefficient (Wildman–Crippen LogP) is 3.20. The molecule has 2 aromatic carbocycles. The van der Waals surface area contributed by atoms with E-state index in [4.69, 9.17) is 4.74 Å². The highest BCUT2D eigenvalue weighted by molar-refractivity contribution is 5.78. The standard InChI is InChI=1S/C32H41N7O2/c40-32-38(25-27-10-13-35(14-11-27)21-22-41-30-6-2-1-3-7-30)26-34-39(32)20-19-36-15-17-37(18-16-36)24-28-8-9-31-29(23-28)5-4-12-33-31/h1-9,12,23,26-27H,10-11,13-22,24-25H2. The van der Waals surface area contributed by atoms with Crippen LogP contribution in [0.3, 0.4) is 0 Å². The summed E-state index contributed by atoms with van der Waals surface area (Å²) in [6.45, 7) is 11.1. The zero-order chi connectivity index (χ0) is 27.9. The third-order valence-corrected chi connectivity index (χ3v) is 8.54. The zero-order valence-corrected chi connectivity index (χ0v) is 23.9. The Balaban J connectivity index is 0.894. The monoisotopic (exact) mass is 555 g/mol. The number of piperazine rings is 1. The van der Waals surface area contributed by atoms with E-state index >= 15 is 0 Å². The fraction of sp³-hybridized carbons (Fsp3) is 0.469. The van der Waals surface area contributed by atoms with Crippen molar-refractivity contribution in [3.8, 4) is 5.75 Å². The molecule has 0 radical (unpaired) electrons. The number of fused-ring (bicyclic) bond motifs is 1. The minimum Gasteiger partial charge on any atom is -0.492 e. The molecule has 2 aromatic heterocycles. The molecule has 0 N–H and O–H groups in total. The van der Waals surface area contributed by atoms with Crippen molar-refractivity contribution in [3.05, 3.63) is 89.2 Å². The minimum absolute atomic E-state index is 0.0214. The average Bonchev–Trinajstić information content (AvgIpc) is 3.36. The lowest BCUT2D eigenvalue weighted by atomic mass is 9.97. The summed E-state index contributed by atoms with van der Waals surface area (Å²) in [5.41, 5.74) is 2.40. The molecule has 2 fully saturated rings. The van der Waals surface area contributed by atoms with Crippen molar-refractivity contribution in [1.82, 2.24) is 34.0 Å². The van der Waals surface area contributed by atoms with Crippen molar-refractivity contribution in [1.29, 1.82) is 0 Å². The predicted molar refractivity (Wildman–Crippen MR) is 161 cm³/mol. The normalized spacial score (nSPS) is 17.8. The fourth-order valence-electron chi connectivity index (χ4n) is 6.02. The molecule has 6 rings (SSSR count). The number of likely N-dealkylation sites (tertiary alicyclic amines) is 1. The first-order valence-electron chi connectivity index (χ1n) is 15.0. The van der Waals surface area contributed by atoms with Gasteiger partial charge >= 0.3 is 5.69 Å². The van der Waals surface area contributed by atoms with Crippen LogP contribution < -0.4 is 10.4 Å².